The quantitative estimate of drug-likeness (QED) is 0.549. The number of hydrogen-bond donors (Lipinski definition) is 0. The van der Waals surface area contributed by atoms with Gasteiger partial charge in [-0.15, -0.1) is 10.2 Å². The fourth-order valence-electron chi connectivity index (χ4n) is 2.59. The van der Waals surface area contributed by atoms with Crippen LogP contribution in [0.1, 0.15) is 31.2 Å². The fraction of sp³-hybridized carbons (Fsp3) is 0.211. The van der Waals surface area contributed by atoms with E-state index in [1.165, 1.54) is 10.4 Å². The summed E-state index contributed by atoms with van der Waals surface area (Å²) >= 11 is 0. The molecule has 26 heavy (non-hydrogen) atoms. The lowest BCUT2D eigenvalue weighted by Crippen LogP contribution is -2.04. The van der Waals surface area contributed by atoms with Crippen molar-refractivity contribution in [2.45, 2.75) is 26.3 Å². The van der Waals surface area contributed by atoms with Crippen LogP contribution in [0.4, 0.5) is 0 Å². The number of hydrogen-bond acceptors (Lipinski definition) is 6. The zero-order chi connectivity index (χ0) is 17.9. The van der Waals surface area contributed by atoms with Gasteiger partial charge in [0.25, 0.3) is 5.89 Å². The van der Waals surface area contributed by atoms with E-state index in [1.807, 2.05) is 42.5 Å². The van der Waals surface area contributed by atoms with E-state index in [0.29, 0.717) is 23.5 Å². The smallest absolute Gasteiger partial charge is 0.250 e. The van der Waals surface area contributed by atoms with Crippen molar-refractivity contribution in [3.63, 3.8) is 0 Å². The van der Waals surface area contributed by atoms with Gasteiger partial charge in [0.1, 0.15) is 6.54 Å². The number of aromatic nitrogens is 6. The summed E-state index contributed by atoms with van der Waals surface area (Å²) in [6.45, 7) is 4.60. The molecule has 4 aromatic rings. The van der Waals surface area contributed by atoms with Gasteiger partial charge >= 0.3 is 0 Å². The summed E-state index contributed by atoms with van der Waals surface area (Å²) < 4.78 is 5.29. The second kappa shape index (κ2) is 6.87. The molecule has 2 aromatic heterocycles. The second-order valence-electron chi connectivity index (χ2n) is 6.30. The maximum absolute atomic E-state index is 5.29. The number of rotatable bonds is 5. The zero-order valence-corrected chi connectivity index (χ0v) is 14.6. The summed E-state index contributed by atoms with van der Waals surface area (Å²) in [5.41, 5.74) is 3.11. The van der Waals surface area contributed by atoms with Crippen molar-refractivity contribution in [1.82, 2.24) is 30.3 Å². The highest BCUT2D eigenvalue weighted by molar-refractivity contribution is 5.54. The van der Waals surface area contributed by atoms with Crippen molar-refractivity contribution in [2.75, 3.05) is 0 Å². The molecule has 0 radical (unpaired) electrons. The van der Waals surface area contributed by atoms with Gasteiger partial charge in [0.15, 0.2) is 0 Å². The third kappa shape index (κ3) is 3.37. The van der Waals surface area contributed by atoms with Gasteiger partial charge in [0.05, 0.1) is 0 Å². The Hall–Kier alpha value is -3.35. The van der Waals surface area contributed by atoms with Crippen molar-refractivity contribution in [1.29, 1.82) is 0 Å². The topological polar surface area (TPSA) is 82.5 Å². The van der Waals surface area contributed by atoms with Crippen LogP contribution in [0, 0.1) is 0 Å². The van der Waals surface area contributed by atoms with Gasteiger partial charge in [0, 0.05) is 11.1 Å². The molecule has 0 aliphatic rings. The summed E-state index contributed by atoms with van der Waals surface area (Å²) in [5.74, 6) is 2.04. The van der Waals surface area contributed by atoms with Crippen molar-refractivity contribution in [3.05, 3.63) is 66.1 Å². The first kappa shape index (κ1) is 16.1. The van der Waals surface area contributed by atoms with E-state index < -0.39 is 0 Å². The van der Waals surface area contributed by atoms with Crippen LogP contribution < -0.4 is 0 Å². The highest BCUT2D eigenvalue weighted by Crippen LogP contribution is 2.20. The van der Waals surface area contributed by atoms with E-state index in [2.05, 4.69) is 51.5 Å². The van der Waals surface area contributed by atoms with E-state index in [0.717, 1.165) is 11.1 Å². The van der Waals surface area contributed by atoms with Gasteiger partial charge in [-0.2, -0.15) is 9.78 Å². The van der Waals surface area contributed by atoms with Crippen LogP contribution >= 0.6 is 0 Å². The van der Waals surface area contributed by atoms with Gasteiger partial charge in [-0.1, -0.05) is 73.6 Å². The third-order valence-corrected chi connectivity index (χ3v) is 4.07. The average Bonchev–Trinajstić information content (AvgIpc) is 3.33. The van der Waals surface area contributed by atoms with Crippen LogP contribution in [0.25, 0.3) is 22.8 Å². The molecular formula is C19H18N6O. The molecule has 0 aliphatic heterocycles. The largest absolute Gasteiger partial charge is 0.337 e. The maximum atomic E-state index is 5.29. The summed E-state index contributed by atoms with van der Waals surface area (Å²) in [6, 6.07) is 17.9. The van der Waals surface area contributed by atoms with E-state index in [1.54, 1.807) is 0 Å². The first-order chi connectivity index (χ1) is 12.7. The molecule has 0 saturated carbocycles. The first-order valence-corrected chi connectivity index (χ1v) is 8.45. The van der Waals surface area contributed by atoms with Crippen LogP contribution in [-0.4, -0.2) is 30.3 Å². The lowest BCUT2D eigenvalue weighted by Gasteiger charge is -2.04. The van der Waals surface area contributed by atoms with Crippen LogP contribution in [-0.2, 0) is 6.54 Å². The molecule has 0 fully saturated rings. The first-order valence-electron chi connectivity index (χ1n) is 8.45. The molecule has 2 aromatic carbocycles. The average molecular weight is 346 g/mol. The van der Waals surface area contributed by atoms with Gasteiger partial charge in [-0.3, -0.25) is 0 Å². The Labute approximate surface area is 150 Å². The maximum Gasteiger partial charge on any atom is 0.250 e. The number of benzene rings is 2. The van der Waals surface area contributed by atoms with E-state index >= 15 is 0 Å². The molecule has 0 N–H and O–H groups in total. The molecule has 7 heteroatoms. The monoisotopic (exact) mass is 346 g/mol. The Morgan fingerprint density at radius 1 is 0.923 bits per heavy atom. The minimum atomic E-state index is 0.275. The standard InChI is InChI=1S/C19H18N6O/c1-13(2)14-8-10-16(11-9-14)19-21-24-25(22-19)12-17-20-18(23-26-17)15-6-4-3-5-7-15/h3-11,13H,12H2,1-2H3. The molecule has 0 unspecified atom stereocenters. The molecular weight excluding hydrogens is 328 g/mol. The minimum Gasteiger partial charge on any atom is -0.337 e. The summed E-state index contributed by atoms with van der Waals surface area (Å²) in [4.78, 5) is 5.83. The highest BCUT2D eigenvalue weighted by atomic mass is 16.5. The van der Waals surface area contributed by atoms with E-state index in [4.69, 9.17) is 4.52 Å². The Bertz CT molecular complexity index is 988. The molecule has 2 heterocycles. The molecule has 0 saturated heterocycles. The van der Waals surface area contributed by atoms with Gasteiger partial charge in [0.2, 0.25) is 11.6 Å². The summed E-state index contributed by atoms with van der Waals surface area (Å²) in [7, 11) is 0. The minimum absolute atomic E-state index is 0.275. The predicted octanol–water partition coefficient (Wildman–Crippen LogP) is 3.56. The molecule has 7 nitrogen and oxygen atoms in total. The Balaban J connectivity index is 1.49. The summed E-state index contributed by atoms with van der Waals surface area (Å²) in [6.07, 6.45) is 0. The summed E-state index contributed by atoms with van der Waals surface area (Å²) in [5, 5.41) is 16.6. The van der Waals surface area contributed by atoms with Gasteiger partial charge < -0.3 is 4.52 Å². The van der Waals surface area contributed by atoms with Crippen LogP contribution in [0.2, 0.25) is 0 Å². The molecule has 0 atom stereocenters. The predicted molar refractivity (Wildman–Crippen MR) is 96.2 cm³/mol. The molecule has 4 rings (SSSR count). The lowest BCUT2D eigenvalue weighted by molar-refractivity contribution is 0.356. The fourth-order valence-corrected chi connectivity index (χ4v) is 2.59. The Morgan fingerprint density at radius 2 is 1.65 bits per heavy atom. The SMILES string of the molecule is CC(C)c1ccc(-c2nnn(Cc3nc(-c4ccccc4)no3)n2)cc1. The van der Waals surface area contributed by atoms with Crippen molar-refractivity contribution < 1.29 is 4.52 Å². The van der Waals surface area contributed by atoms with Crippen molar-refractivity contribution in [3.8, 4) is 22.8 Å². The molecule has 130 valence electrons. The Kier molecular flexibility index (Phi) is 4.27. The van der Waals surface area contributed by atoms with E-state index in [-0.39, 0.29) is 6.54 Å². The van der Waals surface area contributed by atoms with E-state index in [9.17, 15) is 0 Å². The van der Waals surface area contributed by atoms with Gasteiger partial charge in [-0.05, 0) is 16.7 Å². The number of tetrazole rings is 1. The lowest BCUT2D eigenvalue weighted by atomic mass is 10.0. The van der Waals surface area contributed by atoms with Gasteiger partial charge in [-0.25, -0.2) is 0 Å². The van der Waals surface area contributed by atoms with Crippen LogP contribution in [0.5, 0.6) is 0 Å². The van der Waals surface area contributed by atoms with Crippen molar-refractivity contribution in [2.24, 2.45) is 0 Å². The Morgan fingerprint density at radius 3 is 2.38 bits per heavy atom. The molecule has 0 bridgehead atoms. The van der Waals surface area contributed by atoms with Crippen molar-refractivity contribution >= 4 is 0 Å². The molecule has 0 aliphatic carbocycles. The second-order valence-corrected chi connectivity index (χ2v) is 6.30. The highest BCUT2D eigenvalue weighted by Gasteiger charge is 2.12. The molecule has 0 spiro atoms. The van der Waals surface area contributed by atoms with Crippen LogP contribution in [0.15, 0.2) is 59.1 Å². The zero-order valence-electron chi connectivity index (χ0n) is 14.6. The third-order valence-electron chi connectivity index (χ3n) is 4.07. The molecule has 0 amide bonds. The number of nitrogens with zero attached hydrogens (tertiary/aromatic N) is 6. The normalized spacial score (nSPS) is 11.2. The van der Waals surface area contributed by atoms with Crippen LogP contribution in [0.3, 0.4) is 0 Å².